The van der Waals surface area contributed by atoms with Crippen molar-refractivity contribution in [2.24, 2.45) is 0 Å². The molecule has 0 aliphatic carbocycles. The molecule has 3 aromatic carbocycles. The lowest BCUT2D eigenvalue weighted by molar-refractivity contribution is -0.114. The molecule has 5 rings (SSSR count). The van der Waals surface area contributed by atoms with E-state index in [1.165, 1.54) is 34.4 Å². The maximum absolute atomic E-state index is 13.1. The Kier molecular flexibility index (Phi) is 9.60. The first-order valence-corrected chi connectivity index (χ1v) is 15.6. The van der Waals surface area contributed by atoms with Crippen LogP contribution < -0.4 is 16.0 Å². The molecular weight excluding hydrogens is 585 g/mol. The van der Waals surface area contributed by atoms with Gasteiger partial charge >= 0.3 is 0 Å². The van der Waals surface area contributed by atoms with E-state index in [1.54, 1.807) is 42.5 Å². The van der Waals surface area contributed by atoms with E-state index in [1.807, 2.05) is 73.0 Å². The molecule has 2 heterocycles. The zero-order valence-electron chi connectivity index (χ0n) is 22.5. The molecule has 42 heavy (non-hydrogen) atoms. The third-order valence-electron chi connectivity index (χ3n) is 5.93. The first kappa shape index (κ1) is 29.0. The van der Waals surface area contributed by atoms with Gasteiger partial charge in [-0.25, -0.2) is 4.98 Å². The molecule has 0 aliphatic heterocycles. The molecule has 0 fully saturated rings. The highest BCUT2D eigenvalue weighted by Crippen LogP contribution is 2.30. The van der Waals surface area contributed by atoms with Crippen molar-refractivity contribution in [1.29, 1.82) is 0 Å². The van der Waals surface area contributed by atoms with Crippen LogP contribution in [0.1, 0.15) is 20.1 Å². The van der Waals surface area contributed by atoms with Gasteiger partial charge in [-0.3, -0.25) is 14.4 Å². The highest BCUT2D eigenvalue weighted by Gasteiger charge is 2.16. The number of hydrogen-bond acceptors (Lipinski definition) is 7. The monoisotopic (exact) mass is 610 g/mol. The fourth-order valence-electron chi connectivity index (χ4n) is 3.91. The number of aryl methyl sites for hydroxylation is 1. The van der Waals surface area contributed by atoms with Crippen LogP contribution in [0.5, 0.6) is 0 Å². The van der Waals surface area contributed by atoms with Crippen LogP contribution in [0.15, 0.2) is 113 Å². The highest BCUT2D eigenvalue weighted by atomic mass is 32.2. The van der Waals surface area contributed by atoms with Crippen molar-refractivity contribution in [3.05, 3.63) is 123 Å². The molecule has 0 unspecified atom stereocenters. The number of amides is 3. The number of thiophene rings is 1. The Balaban J connectivity index is 1.17. The molecule has 0 saturated carbocycles. The van der Waals surface area contributed by atoms with Crippen LogP contribution in [0, 0.1) is 6.92 Å². The normalized spacial score (nSPS) is 11.1. The van der Waals surface area contributed by atoms with Crippen molar-refractivity contribution < 1.29 is 14.4 Å². The number of thioether (sulfide) groups is 1. The highest BCUT2D eigenvalue weighted by molar-refractivity contribution is 8.00. The molecule has 0 bridgehead atoms. The Labute approximate surface area is 255 Å². The Morgan fingerprint density at radius 3 is 2.26 bits per heavy atom. The summed E-state index contributed by atoms with van der Waals surface area (Å²) in [5.41, 5.74) is 3.03. The molecule has 10 heteroatoms. The summed E-state index contributed by atoms with van der Waals surface area (Å²) in [6.07, 6.45) is 1.65. The van der Waals surface area contributed by atoms with Gasteiger partial charge in [-0.15, -0.1) is 34.4 Å². The quantitative estimate of drug-likeness (QED) is 0.114. The summed E-state index contributed by atoms with van der Waals surface area (Å²) in [6.45, 7) is 1.99. The Bertz CT molecular complexity index is 1700. The van der Waals surface area contributed by atoms with E-state index in [2.05, 4.69) is 20.9 Å². The van der Waals surface area contributed by atoms with Gasteiger partial charge in [-0.2, -0.15) is 0 Å². The molecule has 7 nitrogen and oxygen atoms in total. The predicted molar refractivity (Wildman–Crippen MR) is 173 cm³/mol. The van der Waals surface area contributed by atoms with Crippen LogP contribution in [0.2, 0.25) is 0 Å². The Morgan fingerprint density at radius 1 is 0.857 bits per heavy atom. The molecule has 210 valence electrons. The van der Waals surface area contributed by atoms with Crippen molar-refractivity contribution in [1.82, 2.24) is 10.3 Å². The second kappa shape index (κ2) is 13.9. The minimum absolute atomic E-state index is 0.134. The molecule has 0 spiro atoms. The largest absolute Gasteiger partial charge is 0.321 e. The van der Waals surface area contributed by atoms with E-state index < -0.39 is 5.91 Å². The summed E-state index contributed by atoms with van der Waals surface area (Å²) < 4.78 is 0. The smallest absolute Gasteiger partial charge is 0.272 e. The minimum atomic E-state index is -0.443. The summed E-state index contributed by atoms with van der Waals surface area (Å²) in [5.74, 6) is -0.753. The summed E-state index contributed by atoms with van der Waals surface area (Å²) >= 11 is 4.29. The molecule has 3 amide bonds. The molecular formula is C32H26N4O3S3. The minimum Gasteiger partial charge on any atom is -0.321 e. The zero-order valence-corrected chi connectivity index (χ0v) is 24.9. The number of nitrogens with one attached hydrogen (secondary N) is 3. The maximum atomic E-state index is 13.1. The van der Waals surface area contributed by atoms with Gasteiger partial charge in [0, 0.05) is 31.5 Å². The summed E-state index contributed by atoms with van der Waals surface area (Å²) in [6, 6.07) is 29.5. The van der Waals surface area contributed by atoms with Crippen molar-refractivity contribution in [2.75, 3.05) is 16.4 Å². The SMILES string of the molecule is Cc1sc(NC(=O)CSc2ccc(NC(=O)/C(=C/c3cccs3)NC(=O)c3ccccc3)cc2)nc1-c1ccccc1. The van der Waals surface area contributed by atoms with Crippen molar-refractivity contribution >= 4 is 69.1 Å². The fourth-order valence-corrected chi connectivity index (χ4v) is 6.12. The number of carbonyl (C=O) groups is 3. The van der Waals surface area contributed by atoms with Gasteiger partial charge in [0.05, 0.1) is 11.4 Å². The van der Waals surface area contributed by atoms with Crippen LogP contribution in [-0.2, 0) is 9.59 Å². The number of rotatable bonds is 10. The summed E-state index contributed by atoms with van der Waals surface area (Å²) in [5, 5.41) is 10.9. The van der Waals surface area contributed by atoms with Crippen molar-refractivity contribution in [2.45, 2.75) is 11.8 Å². The number of anilines is 2. The first-order chi connectivity index (χ1) is 20.4. The second-order valence-electron chi connectivity index (χ2n) is 9.00. The molecule has 2 aromatic heterocycles. The third kappa shape index (κ3) is 7.82. The van der Waals surface area contributed by atoms with E-state index in [0.29, 0.717) is 16.4 Å². The number of aromatic nitrogens is 1. The third-order valence-corrected chi connectivity index (χ3v) is 8.65. The predicted octanol–water partition coefficient (Wildman–Crippen LogP) is 7.32. The van der Waals surface area contributed by atoms with Gasteiger partial charge in [-0.1, -0.05) is 54.6 Å². The van der Waals surface area contributed by atoms with Crippen LogP contribution in [-0.4, -0.2) is 28.5 Å². The summed E-state index contributed by atoms with van der Waals surface area (Å²) in [7, 11) is 0. The maximum Gasteiger partial charge on any atom is 0.272 e. The van der Waals surface area contributed by atoms with Crippen LogP contribution in [0.4, 0.5) is 10.8 Å². The molecule has 0 aliphatic rings. The Hall–Kier alpha value is -4.51. The molecule has 3 N–H and O–H groups in total. The van der Waals surface area contributed by atoms with E-state index in [0.717, 1.165) is 25.9 Å². The van der Waals surface area contributed by atoms with E-state index >= 15 is 0 Å². The zero-order chi connectivity index (χ0) is 29.3. The van der Waals surface area contributed by atoms with Gasteiger partial charge in [0.15, 0.2) is 5.13 Å². The van der Waals surface area contributed by atoms with E-state index in [-0.39, 0.29) is 23.3 Å². The number of hydrogen-bond donors (Lipinski definition) is 3. The fraction of sp³-hybridized carbons (Fsp3) is 0.0625. The van der Waals surface area contributed by atoms with Gasteiger partial charge in [-0.05, 0) is 60.8 Å². The lowest BCUT2D eigenvalue weighted by atomic mass is 10.1. The number of benzene rings is 3. The summed E-state index contributed by atoms with van der Waals surface area (Å²) in [4.78, 5) is 45.8. The average Bonchev–Trinajstić information content (AvgIpc) is 3.66. The van der Waals surface area contributed by atoms with Crippen LogP contribution in [0.25, 0.3) is 17.3 Å². The first-order valence-electron chi connectivity index (χ1n) is 12.9. The van der Waals surface area contributed by atoms with Crippen molar-refractivity contribution in [3.8, 4) is 11.3 Å². The van der Waals surface area contributed by atoms with E-state index in [4.69, 9.17) is 0 Å². The van der Waals surface area contributed by atoms with Crippen LogP contribution >= 0.6 is 34.4 Å². The lowest BCUT2D eigenvalue weighted by Gasteiger charge is -2.11. The van der Waals surface area contributed by atoms with Gasteiger partial charge < -0.3 is 16.0 Å². The number of carbonyl (C=O) groups excluding carboxylic acids is 3. The van der Waals surface area contributed by atoms with Gasteiger partial charge in [0.1, 0.15) is 5.70 Å². The van der Waals surface area contributed by atoms with Gasteiger partial charge in [0.2, 0.25) is 5.91 Å². The molecule has 0 atom stereocenters. The molecule has 0 radical (unpaired) electrons. The molecule has 5 aromatic rings. The molecule has 0 saturated heterocycles. The average molecular weight is 611 g/mol. The second-order valence-corrected chi connectivity index (χ2v) is 12.2. The standard InChI is InChI=1S/C32H26N4O3S3/c1-21-29(22-9-4-2-5-10-22)36-32(42-21)35-28(37)20-41-25-16-14-24(15-17-25)33-31(39)27(19-26-13-8-18-40-26)34-30(38)23-11-6-3-7-12-23/h2-19H,20H2,1H3,(H,33,39)(H,34,38)(H,35,36,37)/b27-19-. The number of nitrogens with zero attached hydrogens (tertiary/aromatic N) is 1. The van der Waals surface area contributed by atoms with E-state index in [9.17, 15) is 14.4 Å². The van der Waals surface area contributed by atoms with Crippen molar-refractivity contribution in [3.63, 3.8) is 0 Å². The van der Waals surface area contributed by atoms with Gasteiger partial charge in [0.25, 0.3) is 11.8 Å². The lowest BCUT2D eigenvalue weighted by Crippen LogP contribution is -2.30. The Morgan fingerprint density at radius 2 is 1.57 bits per heavy atom. The number of thiazole rings is 1. The topological polar surface area (TPSA) is 100 Å². The van der Waals surface area contributed by atoms with Crippen LogP contribution in [0.3, 0.4) is 0 Å².